The van der Waals surface area contributed by atoms with Crippen molar-refractivity contribution in [3.8, 4) is 0 Å². The van der Waals surface area contributed by atoms with Gasteiger partial charge in [0.25, 0.3) is 5.91 Å². The van der Waals surface area contributed by atoms with Crippen LogP contribution in [0.25, 0.3) is 10.8 Å². The van der Waals surface area contributed by atoms with Gasteiger partial charge in [0.15, 0.2) is 0 Å². The van der Waals surface area contributed by atoms with Gasteiger partial charge in [0.05, 0.1) is 29.1 Å². The highest BCUT2D eigenvalue weighted by atomic mass is 32.2. The van der Waals surface area contributed by atoms with Crippen LogP contribution in [0.3, 0.4) is 0 Å². The third-order valence-electron chi connectivity index (χ3n) is 7.44. The Morgan fingerprint density at radius 2 is 1.86 bits per heavy atom. The van der Waals surface area contributed by atoms with Crippen molar-refractivity contribution >= 4 is 38.6 Å². The summed E-state index contributed by atoms with van der Waals surface area (Å²) in [7, 11) is -3.94. The second kappa shape index (κ2) is 12.6. The lowest BCUT2D eigenvalue weighted by atomic mass is 9.98. The van der Waals surface area contributed by atoms with Crippen LogP contribution in [0.5, 0.6) is 0 Å². The maximum atomic E-state index is 13.7. The molecule has 5 rings (SSSR count). The number of aromatic nitrogens is 2. The summed E-state index contributed by atoms with van der Waals surface area (Å²) in [5.41, 5.74) is 2.40. The monoisotopic (exact) mass is 605 g/mol. The van der Waals surface area contributed by atoms with E-state index in [1.165, 1.54) is 6.20 Å². The van der Waals surface area contributed by atoms with Gasteiger partial charge in [-0.3, -0.25) is 19.6 Å². The molecule has 3 aromatic rings. The minimum Gasteiger partial charge on any atom is -0.463 e. The van der Waals surface area contributed by atoms with Gasteiger partial charge in [0, 0.05) is 59.7 Å². The molecule has 0 aliphatic heterocycles. The quantitative estimate of drug-likeness (QED) is 0.221. The highest BCUT2D eigenvalue weighted by Gasteiger charge is 2.37. The molecule has 12 heteroatoms. The van der Waals surface area contributed by atoms with Crippen molar-refractivity contribution in [1.29, 1.82) is 0 Å². The van der Waals surface area contributed by atoms with E-state index in [1.807, 2.05) is 19.9 Å². The summed E-state index contributed by atoms with van der Waals surface area (Å²) >= 11 is 0. The number of fused-ring (bicyclic) bond motifs is 3. The second-order valence-corrected chi connectivity index (χ2v) is 12.9. The molecule has 0 radical (unpaired) electrons. The first-order valence-electron chi connectivity index (χ1n) is 14.4. The molecular formula is C31H35N5O6S. The predicted molar refractivity (Wildman–Crippen MR) is 159 cm³/mol. The number of sulfonamides is 1. The summed E-state index contributed by atoms with van der Waals surface area (Å²) in [6, 6.07) is 5.48. The van der Waals surface area contributed by atoms with Crippen LogP contribution in [0.2, 0.25) is 0 Å². The van der Waals surface area contributed by atoms with E-state index in [4.69, 9.17) is 4.74 Å². The molecular weight excluding hydrogens is 570 g/mol. The van der Waals surface area contributed by atoms with Crippen molar-refractivity contribution in [2.45, 2.75) is 62.9 Å². The van der Waals surface area contributed by atoms with Crippen LogP contribution in [0.4, 0.5) is 0 Å². The molecule has 2 aliphatic carbocycles. The molecule has 0 spiro atoms. The first-order chi connectivity index (χ1) is 20.6. The fourth-order valence-corrected chi connectivity index (χ4v) is 6.69. The molecule has 3 N–H and O–H groups in total. The number of carbonyl (C=O) groups excluding carboxylic acids is 3. The number of carbonyl (C=O) groups is 3. The standard InChI is InChI=1S/C31H35N5O6S/c1-4-42-29(38)10-9-28(37)35-26-14-25(36-31(39)20-6-5-11-32-16-20)22-13-27(43(40,41)34-15-18(2)3)21-12-24(19-7-8-19)33-17-23(21)30(22)26/h5-6,9-13,16-19,25-26,34H,4,7-8,14-15H2,1-3H3,(H,35,37)(H,36,39)/t25-,26-/m1/s1. The lowest BCUT2D eigenvalue weighted by Crippen LogP contribution is -2.29. The van der Waals surface area contributed by atoms with E-state index in [1.54, 1.807) is 37.5 Å². The molecule has 2 amide bonds. The van der Waals surface area contributed by atoms with Gasteiger partial charge in [-0.05, 0) is 67.5 Å². The van der Waals surface area contributed by atoms with Gasteiger partial charge < -0.3 is 15.4 Å². The van der Waals surface area contributed by atoms with Gasteiger partial charge in [-0.2, -0.15) is 0 Å². The fraction of sp³-hybridized carbons (Fsp3) is 0.387. The number of hydrogen-bond donors (Lipinski definition) is 3. The molecule has 0 saturated heterocycles. The SMILES string of the molecule is CCOC(=O)C=CC(=O)N[C@@H]1C[C@@H](NC(=O)c2cccnc2)c2cc(S(=O)(=O)NCC(C)C)c3cc(C4CC4)ncc3c21. The number of hydrogen-bond acceptors (Lipinski definition) is 8. The first kappa shape index (κ1) is 30.3. The highest BCUT2D eigenvalue weighted by molar-refractivity contribution is 7.89. The molecule has 1 fully saturated rings. The normalized spacial score (nSPS) is 18.1. The van der Waals surface area contributed by atoms with Gasteiger partial charge in [-0.25, -0.2) is 17.9 Å². The molecule has 11 nitrogen and oxygen atoms in total. The van der Waals surface area contributed by atoms with Gasteiger partial charge in [0.2, 0.25) is 15.9 Å². The van der Waals surface area contributed by atoms with Gasteiger partial charge in [-0.1, -0.05) is 13.8 Å². The maximum Gasteiger partial charge on any atom is 0.330 e. The third-order valence-corrected chi connectivity index (χ3v) is 8.91. The summed E-state index contributed by atoms with van der Waals surface area (Å²) < 4.78 is 35.0. The van der Waals surface area contributed by atoms with Crippen molar-refractivity contribution in [3.63, 3.8) is 0 Å². The average molecular weight is 606 g/mol. The molecule has 0 bridgehead atoms. The molecule has 2 heterocycles. The van der Waals surface area contributed by atoms with Gasteiger partial charge in [-0.15, -0.1) is 0 Å². The Balaban J connectivity index is 1.61. The molecule has 2 atom stereocenters. The van der Waals surface area contributed by atoms with E-state index in [9.17, 15) is 22.8 Å². The number of rotatable bonds is 11. The molecule has 2 aliphatic rings. The number of nitrogens with one attached hydrogen (secondary N) is 3. The van der Waals surface area contributed by atoms with E-state index < -0.39 is 34.0 Å². The van der Waals surface area contributed by atoms with Crippen LogP contribution in [-0.2, 0) is 24.3 Å². The smallest absolute Gasteiger partial charge is 0.330 e. The number of benzene rings is 1. The van der Waals surface area contributed by atoms with Crippen LogP contribution < -0.4 is 15.4 Å². The zero-order chi connectivity index (χ0) is 30.7. The van der Waals surface area contributed by atoms with Crippen molar-refractivity contribution in [1.82, 2.24) is 25.3 Å². The summed E-state index contributed by atoms with van der Waals surface area (Å²) in [5.74, 6) is -1.19. The van der Waals surface area contributed by atoms with Crippen LogP contribution in [0.15, 0.2) is 59.9 Å². The zero-order valence-electron chi connectivity index (χ0n) is 24.3. The molecule has 1 saturated carbocycles. The summed E-state index contributed by atoms with van der Waals surface area (Å²) in [4.78, 5) is 46.7. The van der Waals surface area contributed by atoms with Gasteiger partial charge >= 0.3 is 5.97 Å². The van der Waals surface area contributed by atoms with E-state index in [0.717, 1.165) is 30.7 Å². The summed E-state index contributed by atoms with van der Waals surface area (Å²) in [6.45, 7) is 5.95. The van der Waals surface area contributed by atoms with Crippen molar-refractivity contribution < 1.29 is 27.5 Å². The Bertz CT molecular complexity index is 1690. The lowest BCUT2D eigenvalue weighted by molar-refractivity contribution is -0.137. The van der Waals surface area contributed by atoms with Crippen LogP contribution in [0, 0.1) is 5.92 Å². The Morgan fingerprint density at radius 1 is 1.07 bits per heavy atom. The maximum absolute atomic E-state index is 13.7. The topological polar surface area (TPSA) is 156 Å². The number of pyridine rings is 2. The Morgan fingerprint density at radius 3 is 2.53 bits per heavy atom. The predicted octanol–water partition coefficient (Wildman–Crippen LogP) is 3.59. The molecule has 2 aromatic heterocycles. The number of nitrogens with zero attached hydrogens (tertiary/aromatic N) is 2. The Labute approximate surface area is 250 Å². The largest absolute Gasteiger partial charge is 0.463 e. The average Bonchev–Trinajstić information content (AvgIpc) is 3.78. The van der Waals surface area contributed by atoms with Crippen molar-refractivity contribution in [3.05, 3.63) is 77.4 Å². The minimum absolute atomic E-state index is 0.0907. The molecule has 226 valence electrons. The van der Waals surface area contributed by atoms with Gasteiger partial charge in [0.1, 0.15) is 0 Å². The van der Waals surface area contributed by atoms with Crippen LogP contribution in [-0.4, -0.2) is 49.3 Å². The minimum atomic E-state index is -3.94. The van der Waals surface area contributed by atoms with E-state index in [-0.39, 0.29) is 42.2 Å². The summed E-state index contributed by atoms with van der Waals surface area (Å²) in [5, 5.41) is 7.00. The van der Waals surface area contributed by atoms with Crippen molar-refractivity contribution in [2.75, 3.05) is 13.2 Å². The second-order valence-electron chi connectivity index (χ2n) is 11.2. The molecule has 0 unspecified atom stereocenters. The summed E-state index contributed by atoms with van der Waals surface area (Å²) in [6.07, 6.45) is 9.06. The first-order valence-corrected chi connectivity index (χ1v) is 15.9. The van der Waals surface area contributed by atoms with E-state index >= 15 is 0 Å². The number of esters is 1. The van der Waals surface area contributed by atoms with Crippen LogP contribution >= 0.6 is 0 Å². The lowest BCUT2D eigenvalue weighted by Gasteiger charge is -2.19. The Kier molecular flexibility index (Phi) is 8.88. The molecule has 43 heavy (non-hydrogen) atoms. The van der Waals surface area contributed by atoms with E-state index in [2.05, 4.69) is 25.3 Å². The van der Waals surface area contributed by atoms with Crippen LogP contribution in [0.1, 0.15) is 85.2 Å². The third kappa shape index (κ3) is 6.91. The fourth-order valence-electron chi connectivity index (χ4n) is 5.24. The highest BCUT2D eigenvalue weighted by Crippen LogP contribution is 2.46. The molecule has 1 aromatic carbocycles. The zero-order valence-corrected chi connectivity index (χ0v) is 25.1. The number of amides is 2. The number of ether oxygens (including phenoxy) is 1. The van der Waals surface area contributed by atoms with E-state index in [0.29, 0.717) is 27.5 Å². The van der Waals surface area contributed by atoms with Crippen molar-refractivity contribution in [2.24, 2.45) is 5.92 Å². The Hall–Kier alpha value is -4.16.